The Bertz CT molecular complexity index is 821. The summed E-state index contributed by atoms with van der Waals surface area (Å²) in [6.07, 6.45) is -1.23. The van der Waals surface area contributed by atoms with E-state index in [4.69, 9.17) is 33.2 Å². The fraction of sp³-hybridized carbons (Fsp3) is 0.429. The van der Waals surface area contributed by atoms with Gasteiger partial charge in [0.15, 0.2) is 17.6 Å². The summed E-state index contributed by atoms with van der Waals surface area (Å²) in [5.41, 5.74) is 1.66. The Morgan fingerprint density at radius 1 is 0.714 bits per heavy atom. The molecule has 28 heavy (non-hydrogen) atoms. The minimum absolute atomic E-state index is 0.396. The maximum atomic E-state index is 6.35. The molecule has 0 unspecified atom stereocenters. The van der Waals surface area contributed by atoms with Crippen molar-refractivity contribution in [3.05, 3.63) is 41.5 Å². The fourth-order valence-corrected chi connectivity index (χ4v) is 3.56. The second kappa shape index (κ2) is 8.58. The average molecular weight is 390 g/mol. The zero-order chi connectivity index (χ0) is 20.3. The van der Waals surface area contributed by atoms with E-state index >= 15 is 0 Å². The lowest BCUT2D eigenvalue weighted by Crippen LogP contribution is -2.37. The van der Waals surface area contributed by atoms with Gasteiger partial charge >= 0.3 is 0 Å². The van der Waals surface area contributed by atoms with Gasteiger partial charge in [-0.3, -0.25) is 0 Å². The van der Waals surface area contributed by atoms with E-state index in [1.54, 1.807) is 48.7 Å². The summed E-state index contributed by atoms with van der Waals surface area (Å²) in [5.74, 6) is 3.13. The molecule has 2 aromatic carbocycles. The van der Waals surface area contributed by atoms with Crippen molar-refractivity contribution in [1.29, 1.82) is 0 Å². The molecule has 0 bridgehead atoms. The van der Waals surface area contributed by atoms with Crippen molar-refractivity contribution in [3.63, 3.8) is 0 Å². The summed E-state index contributed by atoms with van der Waals surface area (Å²) in [6.45, 7) is 0. The number of hydrogen-bond acceptors (Lipinski definition) is 7. The molecular formula is C21H26O7. The van der Waals surface area contributed by atoms with Crippen LogP contribution in [0.5, 0.6) is 28.7 Å². The van der Waals surface area contributed by atoms with E-state index in [0.29, 0.717) is 28.7 Å². The van der Waals surface area contributed by atoms with Crippen LogP contribution in [0, 0.1) is 0 Å². The largest absolute Gasteiger partial charge is 0.496 e. The second-order valence-corrected chi connectivity index (χ2v) is 6.25. The highest BCUT2D eigenvalue weighted by Gasteiger charge is 2.42. The molecule has 1 aliphatic heterocycles. The van der Waals surface area contributed by atoms with Crippen LogP contribution in [0.2, 0.25) is 0 Å². The Morgan fingerprint density at radius 3 is 2.00 bits per heavy atom. The topological polar surface area (TPSA) is 64.6 Å². The molecule has 0 aromatic heterocycles. The number of ether oxygens (including phenoxy) is 7. The highest BCUT2D eigenvalue weighted by atomic mass is 16.6. The molecule has 0 fully saturated rings. The minimum atomic E-state index is -0.431. The number of hydrogen-bond donors (Lipinski definition) is 0. The number of fused-ring (bicyclic) bond motifs is 1. The molecule has 0 radical (unpaired) electrons. The maximum absolute atomic E-state index is 6.35. The van der Waals surface area contributed by atoms with Gasteiger partial charge in [0, 0.05) is 26.4 Å². The molecule has 2 aromatic rings. The number of benzene rings is 2. The molecule has 3 rings (SSSR count). The van der Waals surface area contributed by atoms with Crippen LogP contribution in [0.15, 0.2) is 30.3 Å². The van der Waals surface area contributed by atoms with Gasteiger partial charge in [0.2, 0.25) is 0 Å². The van der Waals surface area contributed by atoms with E-state index in [2.05, 4.69) is 0 Å². The number of rotatable bonds is 7. The molecule has 7 heteroatoms. The van der Waals surface area contributed by atoms with Crippen LogP contribution in [0.25, 0.3) is 0 Å². The molecular weight excluding hydrogens is 364 g/mol. The molecule has 0 aliphatic carbocycles. The van der Waals surface area contributed by atoms with Gasteiger partial charge in [-0.1, -0.05) is 6.07 Å². The van der Waals surface area contributed by atoms with Crippen LogP contribution in [0.1, 0.15) is 23.3 Å². The third kappa shape index (κ3) is 3.43. The first-order valence-corrected chi connectivity index (χ1v) is 8.81. The Kier molecular flexibility index (Phi) is 6.16. The summed E-state index contributed by atoms with van der Waals surface area (Å²) < 4.78 is 39.7. The SMILES string of the molecule is COc1cc(OC)c2c(c1)O[C@H](c1ccc(OC)c(OC)c1)[C@@H](OC)[C@@H]2OC. The van der Waals surface area contributed by atoms with Crippen molar-refractivity contribution in [2.24, 2.45) is 0 Å². The van der Waals surface area contributed by atoms with E-state index < -0.39 is 18.3 Å². The van der Waals surface area contributed by atoms with Crippen molar-refractivity contribution >= 4 is 0 Å². The normalized spacial score (nSPS) is 20.7. The lowest BCUT2D eigenvalue weighted by Gasteiger charge is -2.39. The highest BCUT2D eigenvalue weighted by Crippen LogP contribution is 2.50. The number of methoxy groups -OCH3 is 6. The van der Waals surface area contributed by atoms with E-state index in [-0.39, 0.29) is 0 Å². The van der Waals surface area contributed by atoms with Crippen molar-refractivity contribution in [3.8, 4) is 28.7 Å². The van der Waals surface area contributed by atoms with Gasteiger partial charge in [0.25, 0.3) is 0 Å². The van der Waals surface area contributed by atoms with Gasteiger partial charge in [0.05, 0.1) is 34.0 Å². The van der Waals surface area contributed by atoms with E-state index in [9.17, 15) is 0 Å². The summed E-state index contributed by atoms with van der Waals surface area (Å²) in [4.78, 5) is 0. The van der Waals surface area contributed by atoms with Crippen molar-refractivity contribution in [2.45, 2.75) is 18.3 Å². The fourth-order valence-electron chi connectivity index (χ4n) is 3.56. The molecule has 152 valence electrons. The molecule has 0 N–H and O–H groups in total. The van der Waals surface area contributed by atoms with Gasteiger partial charge < -0.3 is 33.2 Å². The van der Waals surface area contributed by atoms with E-state index in [1.165, 1.54) is 0 Å². The van der Waals surface area contributed by atoms with Crippen LogP contribution < -0.4 is 23.7 Å². The van der Waals surface area contributed by atoms with Crippen molar-refractivity contribution in [1.82, 2.24) is 0 Å². The molecule has 0 spiro atoms. The molecule has 7 nitrogen and oxygen atoms in total. The highest BCUT2D eigenvalue weighted by molar-refractivity contribution is 5.54. The summed E-state index contributed by atoms with van der Waals surface area (Å²) >= 11 is 0. The van der Waals surface area contributed by atoms with Gasteiger partial charge in [-0.25, -0.2) is 0 Å². The van der Waals surface area contributed by atoms with E-state index in [0.717, 1.165) is 11.1 Å². The standard InChI is InChI=1S/C21H26O7/c1-22-13-10-16(25-4)18-17(11-13)28-19(21(27-6)20(18)26-5)12-7-8-14(23-2)15(9-12)24-3/h7-11,19-21H,1-6H3/t19-,20-,21-/m1/s1. The van der Waals surface area contributed by atoms with Gasteiger partial charge in [-0.05, 0) is 17.7 Å². The Hall–Kier alpha value is -2.64. The lowest BCUT2D eigenvalue weighted by atomic mass is 9.91. The summed E-state index contributed by atoms with van der Waals surface area (Å²) in [6, 6.07) is 9.27. The first kappa shape index (κ1) is 20.1. The minimum Gasteiger partial charge on any atom is -0.496 e. The van der Waals surface area contributed by atoms with Crippen LogP contribution in [0.3, 0.4) is 0 Å². The smallest absolute Gasteiger partial charge is 0.161 e. The van der Waals surface area contributed by atoms with Gasteiger partial charge in [-0.2, -0.15) is 0 Å². The third-order valence-corrected chi connectivity index (χ3v) is 4.93. The Labute approximate surface area is 165 Å². The quantitative estimate of drug-likeness (QED) is 0.716. The molecule has 0 saturated carbocycles. The van der Waals surface area contributed by atoms with Crippen LogP contribution >= 0.6 is 0 Å². The monoisotopic (exact) mass is 390 g/mol. The zero-order valence-corrected chi connectivity index (χ0v) is 17.0. The molecule has 1 heterocycles. The summed E-state index contributed by atoms with van der Waals surface area (Å²) in [5, 5.41) is 0. The lowest BCUT2D eigenvalue weighted by molar-refractivity contribution is -0.107. The van der Waals surface area contributed by atoms with Crippen LogP contribution in [-0.4, -0.2) is 48.8 Å². The van der Waals surface area contributed by atoms with Gasteiger partial charge in [-0.15, -0.1) is 0 Å². The summed E-state index contributed by atoms with van der Waals surface area (Å²) in [7, 11) is 9.67. The molecule has 0 amide bonds. The third-order valence-electron chi connectivity index (χ3n) is 4.93. The molecule has 3 atom stereocenters. The molecule has 0 saturated heterocycles. The van der Waals surface area contributed by atoms with Crippen molar-refractivity contribution in [2.75, 3.05) is 42.7 Å². The Morgan fingerprint density at radius 2 is 1.43 bits per heavy atom. The first-order valence-electron chi connectivity index (χ1n) is 8.81. The first-order chi connectivity index (χ1) is 13.6. The molecule has 1 aliphatic rings. The maximum Gasteiger partial charge on any atom is 0.161 e. The van der Waals surface area contributed by atoms with Gasteiger partial charge in [0.1, 0.15) is 29.5 Å². The Balaban J connectivity index is 2.12. The van der Waals surface area contributed by atoms with Crippen LogP contribution in [0.4, 0.5) is 0 Å². The second-order valence-electron chi connectivity index (χ2n) is 6.25. The van der Waals surface area contributed by atoms with E-state index in [1.807, 2.05) is 24.3 Å². The predicted molar refractivity (Wildman–Crippen MR) is 103 cm³/mol. The predicted octanol–water partition coefficient (Wildman–Crippen LogP) is 3.56. The van der Waals surface area contributed by atoms with Crippen molar-refractivity contribution < 1.29 is 33.2 Å². The van der Waals surface area contributed by atoms with Crippen LogP contribution in [-0.2, 0) is 9.47 Å². The average Bonchev–Trinajstić information content (AvgIpc) is 2.75. The zero-order valence-electron chi connectivity index (χ0n) is 17.0.